The van der Waals surface area contributed by atoms with Gasteiger partial charge < -0.3 is 9.88 Å². The van der Waals surface area contributed by atoms with Crippen LogP contribution >= 0.6 is 35.2 Å². The van der Waals surface area contributed by atoms with E-state index < -0.39 is 0 Å². The summed E-state index contributed by atoms with van der Waals surface area (Å²) in [5.41, 5.74) is 1.86. The standard InChI is InChI=1S/C16H13ClN4S2/c17-14-6-2-1-4-12(14)11-21-8-9-23-16(21)20-15(22)19-13-5-3-7-18-10-13/h1-10H,11H2,(H,19,22). The summed E-state index contributed by atoms with van der Waals surface area (Å²) in [6, 6.07) is 11.5. The molecule has 0 aliphatic rings. The lowest BCUT2D eigenvalue weighted by Gasteiger charge is -2.06. The van der Waals surface area contributed by atoms with Gasteiger partial charge in [-0.2, -0.15) is 4.99 Å². The number of pyridine rings is 1. The fraction of sp³-hybridized carbons (Fsp3) is 0.0625. The average Bonchev–Trinajstić information content (AvgIpc) is 2.97. The maximum atomic E-state index is 6.22. The van der Waals surface area contributed by atoms with E-state index in [2.05, 4.69) is 15.3 Å². The van der Waals surface area contributed by atoms with Gasteiger partial charge >= 0.3 is 0 Å². The number of rotatable bonds is 3. The van der Waals surface area contributed by atoms with Crippen LogP contribution in [0.15, 0.2) is 65.4 Å². The molecule has 116 valence electrons. The van der Waals surface area contributed by atoms with Gasteiger partial charge in [-0.15, -0.1) is 11.3 Å². The number of nitrogens with zero attached hydrogens (tertiary/aromatic N) is 3. The summed E-state index contributed by atoms with van der Waals surface area (Å²) in [5, 5.41) is 6.17. The van der Waals surface area contributed by atoms with Gasteiger partial charge in [0.2, 0.25) is 0 Å². The van der Waals surface area contributed by atoms with Gasteiger partial charge in [0.15, 0.2) is 9.91 Å². The normalized spacial score (nSPS) is 11.4. The number of aromatic nitrogens is 2. The molecular weight excluding hydrogens is 348 g/mol. The first-order chi connectivity index (χ1) is 11.2. The average molecular weight is 361 g/mol. The molecule has 7 heteroatoms. The van der Waals surface area contributed by atoms with Crippen LogP contribution in [-0.4, -0.2) is 14.7 Å². The van der Waals surface area contributed by atoms with E-state index >= 15 is 0 Å². The maximum absolute atomic E-state index is 6.22. The minimum atomic E-state index is 0.397. The van der Waals surface area contributed by atoms with Crippen LogP contribution in [0.3, 0.4) is 0 Å². The number of hydrogen-bond donors (Lipinski definition) is 1. The molecule has 0 radical (unpaired) electrons. The molecule has 0 atom stereocenters. The maximum Gasteiger partial charge on any atom is 0.199 e. The quantitative estimate of drug-likeness (QED) is 0.719. The van der Waals surface area contributed by atoms with Crippen LogP contribution in [0.2, 0.25) is 5.02 Å². The molecule has 0 aliphatic carbocycles. The highest BCUT2D eigenvalue weighted by Crippen LogP contribution is 2.15. The summed E-state index contributed by atoms with van der Waals surface area (Å²) in [6.07, 6.45) is 5.38. The third-order valence-corrected chi connectivity index (χ3v) is 4.42. The molecule has 3 aromatic rings. The van der Waals surface area contributed by atoms with E-state index in [1.807, 2.05) is 52.5 Å². The van der Waals surface area contributed by atoms with E-state index in [9.17, 15) is 0 Å². The van der Waals surface area contributed by atoms with Crippen molar-refractivity contribution >= 4 is 46.0 Å². The molecule has 3 rings (SSSR count). The van der Waals surface area contributed by atoms with Gasteiger partial charge in [0.25, 0.3) is 0 Å². The molecule has 1 N–H and O–H groups in total. The van der Waals surface area contributed by atoms with E-state index in [-0.39, 0.29) is 0 Å². The van der Waals surface area contributed by atoms with Crippen molar-refractivity contribution in [1.82, 2.24) is 9.55 Å². The SMILES string of the molecule is S=C(N=c1sccn1Cc1ccccc1Cl)Nc1cccnc1. The van der Waals surface area contributed by atoms with Gasteiger partial charge in [-0.05, 0) is 36.0 Å². The van der Waals surface area contributed by atoms with Crippen LogP contribution < -0.4 is 10.1 Å². The number of hydrogen-bond acceptors (Lipinski definition) is 3. The minimum absolute atomic E-state index is 0.397. The Labute approximate surface area is 148 Å². The summed E-state index contributed by atoms with van der Waals surface area (Å²) in [4.78, 5) is 9.32. The van der Waals surface area contributed by atoms with E-state index in [0.29, 0.717) is 11.7 Å². The number of halogens is 1. The molecular formula is C16H13ClN4S2. The van der Waals surface area contributed by atoms with Crippen LogP contribution in [0.4, 0.5) is 5.69 Å². The van der Waals surface area contributed by atoms with Crippen molar-refractivity contribution in [2.24, 2.45) is 4.99 Å². The van der Waals surface area contributed by atoms with Crippen LogP contribution in [-0.2, 0) is 6.54 Å². The molecule has 4 nitrogen and oxygen atoms in total. The topological polar surface area (TPSA) is 42.2 Å². The van der Waals surface area contributed by atoms with Crippen molar-refractivity contribution in [3.8, 4) is 0 Å². The van der Waals surface area contributed by atoms with Crippen LogP contribution in [0.25, 0.3) is 0 Å². The Morgan fingerprint density at radius 2 is 2.17 bits per heavy atom. The predicted octanol–water partition coefficient (Wildman–Crippen LogP) is 3.94. The van der Waals surface area contributed by atoms with Crippen molar-refractivity contribution < 1.29 is 0 Å². The highest BCUT2D eigenvalue weighted by molar-refractivity contribution is 7.80. The summed E-state index contributed by atoms with van der Waals surface area (Å²) in [7, 11) is 0. The van der Waals surface area contributed by atoms with E-state index in [1.54, 1.807) is 12.4 Å². The molecule has 0 fully saturated rings. The summed E-state index contributed by atoms with van der Waals surface area (Å²) in [5.74, 6) is 0. The molecule has 0 amide bonds. The molecule has 1 aromatic carbocycles. The van der Waals surface area contributed by atoms with Gasteiger partial charge in [-0.3, -0.25) is 4.98 Å². The Morgan fingerprint density at radius 1 is 1.30 bits per heavy atom. The summed E-state index contributed by atoms with van der Waals surface area (Å²) in [6.45, 7) is 0.650. The van der Waals surface area contributed by atoms with Crippen molar-refractivity contribution in [3.05, 3.63) is 75.8 Å². The van der Waals surface area contributed by atoms with Gasteiger partial charge in [0.1, 0.15) is 0 Å². The Hall–Kier alpha value is -2.02. The van der Waals surface area contributed by atoms with Crippen molar-refractivity contribution in [1.29, 1.82) is 0 Å². The first-order valence-corrected chi connectivity index (χ1v) is 8.52. The van der Waals surface area contributed by atoms with Gasteiger partial charge in [-0.1, -0.05) is 29.8 Å². The van der Waals surface area contributed by atoms with E-state index in [1.165, 1.54) is 11.3 Å². The van der Waals surface area contributed by atoms with Crippen LogP contribution in [0, 0.1) is 0 Å². The molecule has 0 aliphatic heterocycles. The van der Waals surface area contributed by atoms with Gasteiger partial charge in [0.05, 0.1) is 18.4 Å². The van der Waals surface area contributed by atoms with Crippen LogP contribution in [0.5, 0.6) is 0 Å². The highest BCUT2D eigenvalue weighted by atomic mass is 35.5. The zero-order valence-corrected chi connectivity index (χ0v) is 14.4. The highest BCUT2D eigenvalue weighted by Gasteiger charge is 2.03. The molecule has 0 saturated carbocycles. The second kappa shape index (κ2) is 7.50. The number of benzene rings is 1. The fourth-order valence-electron chi connectivity index (χ4n) is 1.99. The number of nitrogens with one attached hydrogen (secondary N) is 1. The largest absolute Gasteiger partial charge is 0.330 e. The second-order valence-electron chi connectivity index (χ2n) is 4.69. The lowest BCUT2D eigenvalue weighted by atomic mass is 10.2. The van der Waals surface area contributed by atoms with Crippen molar-refractivity contribution in [3.63, 3.8) is 0 Å². The molecule has 2 aromatic heterocycles. The van der Waals surface area contributed by atoms with Crippen molar-refractivity contribution in [2.45, 2.75) is 6.54 Å². The van der Waals surface area contributed by atoms with Crippen LogP contribution in [0.1, 0.15) is 5.56 Å². The monoisotopic (exact) mass is 360 g/mol. The predicted molar refractivity (Wildman–Crippen MR) is 98.9 cm³/mol. The fourth-order valence-corrected chi connectivity index (χ4v) is 3.18. The van der Waals surface area contributed by atoms with E-state index in [0.717, 1.165) is 21.1 Å². The molecule has 0 spiro atoms. The van der Waals surface area contributed by atoms with Gasteiger partial charge in [0, 0.05) is 22.8 Å². The Bertz CT molecular complexity index is 871. The van der Waals surface area contributed by atoms with Crippen molar-refractivity contribution in [2.75, 3.05) is 5.32 Å². The molecule has 0 saturated heterocycles. The number of thiocarbonyl (C=S) groups is 1. The second-order valence-corrected chi connectivity index (χ2v) is 6.36. The Balaban J connectivity index is 1.80. The third kappa shape index (κ3) is 4.25. The molecule has 0 bridgehead atoms. The lowest BCUT2D eigenvalue weighted by Crippen LogP contribution is -2.19. The smallest absolute Gasteiger partial charge is 0.199 e. The molecule has 2 heterocycles. The lowest BCUT2D eigenvalue weighted by molar-refractivity contribution is 0.772. The Morgan fingerprint density at radius 3 is 2.96 bits per heavy atom. The zero-order valence-electron chi connectivity index (χ0n) is 12.0. The minimum Gasteiger partial charge on any atom is -0.330 e. The van der Waals surface area contributed by atoms with E-state index in [4.69, 9.17) is 23.8 Å². The number of anilines is 1. The first kappa shape index (κ1) is 15.9. The number of thiazole rings is 1. The summed E-state index contributed by atoms with van der Waals surface area (Å²) >= 11 is 13.0. The molecule has 0 unspecified atom stereocenters. The molecule has 23 heavy (non-hydrogen) atoms. The first-order valence-electron chi connectivity index (χ1n) is 6.85. The Kier molecular flexibility index (Phi) is 5.17. The zero-order chi connectivity index (χ0) is 16.1. The third-order valence-electron chi connectivity index (χ3n) is 3.07. The summed E-state index contributed by atoms with van der Waals surface area (Å²) < 4.78 is 2.02. The van der Waals surface area contributed by atoms with Gasteiger partial charge in [-0.25, -0.2) is 0 Å².